The van der Waals surface area contributed by atoms with E-state index in [-0.39, 0.29) is 12.1 Å². The summed E-state index contributed by atoms with van der Waals surface area (Å²) in [4.78, 5) is 38.9. The van der Waals surface area contributed by atoms with Crippen molar-refractivity contribution in [1.82, 2.24) is 5.32 Å². The van der Waals surface area contributed by atoms with Crippen LogP contribution in [-0.2, 0) is 9.59 Å². The number of aliphatic carboxylic acids is 1. The molecule has 1 fully saturated rings. The van der Waals surface area contributed by atoms with Gasteiger partial charge in [0.1, 0.15) is 5.82 Å². The van der Waals surface area contributed by atoms with E-state index in [4.69, 9.17) is 0 Å². The number of benzene rings is 1. The summed E-state index contributed by atoms with van der Waals surface area (Å²) in [7, 11) is 0. The minimum absolute atomic E-state index is 0.0734. The Balaban J connectivity index is 2.12. The summed E-state index contributed by atoms with van der Waals surface area (Å²) >= 11 is 0. The molecule has 1 aromatic carbocycles. The van der Waals surface area contributed by atoms with Gasteiger partial charge in [-0.05, 0) is 19.1 Å². The standard InChI is InChI=1S/C16H18FN3O4/c1-2-20-11-8-12(19-5-3-18-4-6-19)10(17)7-9(11)14(21)15(22)13(20)16(23)24/h7-8,13,18H,2-6H2,1H3,(H,23,24). The van der Waals surface area contributed by atoms with Gasteiger partial charge in [0.05, 0.1) is 16.9 Å². The van der Waals surface area contributed by atoms with Crippen molar-refractivity contribution >= 4 is 28.9 Å². The lowest BCUT2D eigenvalue weighted by Gasteiger charge is -2.36. The Morgan fingerprint density at radius 2 is 1.96 bits per heavy atom. The maximum atomic E-state index is 14.5. The van der Waals surface area contributed by atoms with Gasteiger partial charge in [-0.25, -0.2) is 9.18 Å². The predicted octanol–water partition coefficient (Wildman–Crippen LogP) is 0.280. The molecule has 0 aliphatic carbocycles. The molecule has 3 rings (SSSR count). The first-order valence-corrected chi connectivity index (χ1v) is 7.83. The maximum Gasteiger partial charge on any atom is 0.334 e. The monoisotopic (exact) mass is 335 g/mol. The molecule has 0 amide bonds. The number of carboxylic acids is 1. The van der Waals surface area contributed by atoms with Crippen molar-refractivity contribution in [3.8, 4) is 0 Å². The van der Waals surface area contributed by atoms with Gasteiger partial charge in [0, 0.05) is 32.7 Å². The van der Waals surface area contributed by atoms with E-state index in [1.165, 1.54) is 11.0 Å². The van der Waals surface area contributed by atoms with Crippen LogP contribution in [0.2, 0.25) is 0 Å². The third-order valence-corrected chi connectivity index (χ3v) is 4.44. The highest BCUT2D eigenvalue weighted by molar-refractivity contribution is 6.51. The number of fused-ring (bicyclic) bond motifs is 1. The summed E-state index contributed by atoms with van der Waals surface area (Å²) in [5, 5.41) is 12.5. The molecule has 2 N–H and O–H groups in total. The normalized spacial score (nSPS) is 21.0. The first-order chi connectivity index (χ1) is 11.5. The molecule has 1 atom stereocenters. The van der Waals surface area contributed by atoms with Crippen LogP contribution < -0.4 is 15.1 Å². The molecule has 0 saturated carbocycles. The molecule has 2 aliphatic heterocycles. The van der Waals surface area contributed by atoms with E-state index in [0.717, 1.165) is 6.07 Å². The van der Waals surface area contributed by atoms with Gasteiger partial charge in [0.15, 0.2) is 6.04 Å². The van der Waals surface area contributed by atoms with E-state index >= 15 is 0 Å². The second-order valence-electron chi connectivity index (χ2n) is 5.78. The van der Waals surface area contributed by atoms with Crippen LogP contribution >= 0.6 is 0 Å². The van der Waals surface area contributed by atoms with Crippen molar-refractivity contribution in [3.63, 3.8) is 0 Å². The molecular formula is C16H18FN3O4. The third-order valence-electron chi connectivity index (χ3n) is 4.44. The van der Waals surface area contributed by atoms with Crippen molar-refractivity contribution < 1.29 is 23.9 Å². The number of rotatable bonds is 3. The Morgan fingerprint density at radius 1 is 1.29 bits per heavy atom. The van der Waals surface area contributed by atoms with Crippen LogP contribution in [0.1, 0.15) is 17.3 Å². The zero-order valence-corrected chi connectivity index (χ0v) is 13.2. The minimum Gasteiger partial charge on any atom is -0.479 e. The summed E-state index contributed by atoms with van der Waals surface area (Å²) in [6, 6.07) is 0.976. The fraction of sp³-hybridized carbons (Fsp3) is 0.438. The molecule has 2 heterocycles. The van der Waals surface area contributed by atoms with Crippen LogP contribution in [0.5, 0.6) is 0 Å². The van der Waals surface area contributed by atoms with Crippen LogP contribution in [0.3, 0.4) is 0 Å². The van der Waals surface area contributed by atoms with Crippen LogP contribution in [-0.4, -0.2) is 61.4 Å². The van der Waals surface area contributed by atoms with Crippen LogP contribution in [0, 0.1) is 5.82 Å². The SMILES string of the molecule is CCN1c2cc(N3CCNCC3)c(F)cc2C(=O)C(=O)C1C(=O)O. The topological polar surface area (TPSA) is 90.0 Å². The fourth-order valence-electron chi connectivity index (χ4n) is 3.25. The second-order valence-corrected chi connectivity index (χ2v) is 5.78. The molecule has 0 spiro atoms. The van der Waals surface area contributed by atoms with E-state index in [2.05, 4.69) is 5.32 Å². The molecule has 2 aliphatic rings. The first-order valence-electron chi connectivity index (χ1n) is 7.83. The van der Waals surface area contributed by atoms with Crippen molar-refractivity contribution in [1.29, 1.82) is 0 Å². The number of halogens is 1. The zero-order valence-electron chi connectivity index (χ0n) is 13.2. The lowest BCUT2D eigenvalue weighted by atomic mass is 9.92. The number of nitrogens with zero attached hydrogens (tertiary/aromatic N) is 2. The van der Waals surface area contributed by atoms with Crippen molar-refractivity contribution in [3.05, 3.63) is 23.5 Å². The molecule has 0 bridgehead atoms. The van der Waals surface area contributed by atoms with E-state index in [0.29, 0.717) is 37.6 Å². The Morgan fingerprint density at radius 3 is 2.54 bits per heavy atom. The summed E-state index contributed by atoms with van der Waals surface area (Å²) in [5.41, 5.74) is 0.542. The highest BCUT2D eigenvalue weighted by Gasteiger charge is 2.43. The van der Waals surface area contributed by atoms with Gasteiger partial charge in [0.25, 0.3) is 0 Å². The largest absolute Gasteiger partial charge is 0.479 e. The fourth-order valence-corrected chi connectivity index (χ4v) is 3.25. The Labute approximate surface area is 138 Å². The smallest absolute Gasteiger partial charge is 0.334 e. The van der Waals surface area contributed by atoms with Crippen LogP contribution in [0.4, 0.5) is 15.8 Å². The number of likely N-dealkylation sites (N-methyl/N-ethyl adjacent to an activating group) is 1. The molecule has 24 heavy (non-hydrogen) atoms. The van der Waals surface area contributed by atoms with E-state index < -0.39 is 29.4 Å². The molecule has 7 nitrogen and oxygen atoms in total. The van der Waals surface area contributed by atoms with Crippen molar-refractivity contribution in [2.45, 2.75) is 13.0 Å². The summed E-state index contributed by atoms with van der Waals surface area (Å²) in [5.74, 6) is -3.95. The quantitative estimate of drug-likeness (QED) is 0.606. The number of carbonyl (C=O) groups is 3. The summed E-state index contributed by atoms with van der Waals surface area (Å²) in [6.07, 6.45) is 0. The third kappa shape index (κ3) is 2.52. The summed E-state index contributed by atoms with van der Waals surface area (Å²) < 4.78 is 14.5. The van der Waals surface area contributed by atoms with Gasteiger partial charge in [-0.1, -0.05) is 0 Å². The van der Waals surface area contributed by atoms with Crippen LogP contribution in [0.15, 0.2) is 12.1 Å². The molecular weight excluding hydrogens is 317 g/mol. The molecule has 0 aromatic heterocycles. The zero-order chi connectivity index (χ0) is 17.4. The highest BCUT2D eigenvalue weighted by Crippen LogP contribution is 2.35. The molecule has 1 aromatic rings. The Kier molecular flexibility index (Phi) is 4.23. The number of piperazine rings is 1. The first kappa shape index (κ1) is 16.4. The van der Waals surface area contributed by atoms with Crippen molar-refractivity contribution in [2.24, 2.45) is 0 Å². The van der Waals surface area contributed by atoms with E-state index in [9.17, 15) is 23.9 Å². The van der Waals surface area contributed by atoms with Crippen molar-refractivity contribution in [2.75, 3.05) is 42.5 Å². The lowest BCUT2D eigenvalue weighted by Crippen LogP contribution is -2.53. The maximum absolute atomic E-state index is 14.5. The molecule has 1 saturated heterocycles. The Bertz CT molecular complexity index is 716. The number of hydrogen-bond acceptors (Lipinski definition) is 6. The Hall–Kier alpha value is -2.48. The molecule has 1 unspecified atom stereocenters. The van der Waals surface area contributed by atoms with E-state index in [1.807, 2.05) is 4.90 Å². The number of hydrogen-bond donors (Lipinski definition) is 2. The lowest BCUT2D eigenvalue weighted by molar-refractivity contribution is -0.141. The molecule has 8 heteroatoms. The van der Waals surface area contributed by atoms with Gasteiger partial charge in [-0.15, -0.1) is 0 Å². The highest BCUT2D eigenvalue weighted by atomic mass is 19.1. The van der Waals surface area contributed by atoms with Gasteiger partial charge in [0.2, 0.25) is 11.6 Å². The summed E-state index contributed by atoms with van der Waals surface area (Å²) in [6.45, 7) is 4.55. The predicted molar refractivity (Wildman–Crippen MR) is 85.3 cm³/mol. The number of nitrogens with one attached hydrogen (secondary N) is 1. The van der Waals surface area contributed by atoms with Gasteiger partial charge in [-0.2, -0.15) is 0 Å². The number of carboxylic acid groups (broad SMARTS) is 1. The van der Waals surface area contributed by atoms with Crippen LogP contribution in [0.25, 0.3) is 0 Å². The van der Waals surface area contributed by atoms with Gasteiger partial charge >= 0.3 is 5.97 Å². The average Bonchev–Trinajstić information content (AvgIpc) is 2.58. The number of Topliss-reactive ketones (excluding diaryl/α,β-unsaturated/α-hetero) is 2. The number of ketones is 2. The van der Waals surface area contributed by atoms with Gasteiger partial charge < -0.3 is 20.2 Å². The minimum atomic E-state index is -1.56. The molecule has 128 valence electrons. The average molecular weight is 335 g/mol. The second kappa shape index (κ2) is 6.20. The number of carbonyl (C=O) groups excluding carboxylic acids is 2. The van der Waals surface area contributed by atoms with Gasteiger partial charge in [-0.3, -0.25) is 9.59 Å². The van der Waals surface area contributed by atoms with E-state index in [1.54, 1.807) is 6.92 Å². The number of anilines is 2. The molecule has 0 radical (unpaired) electrons.